The topological polar surface area (TPSA) is 69.6 Å². The molecule has 1 aliphatic rings. The number of carbonyl (C=O) groups is 2. The fraction of sp³-hybridized carbons (Fsp3) is 0.429. The van der Waals surface area contributed by atoms with Gasteiger partial charge in [-0.2, -0.15) is 11.8 Å². The number of urea groups is 1. The molecule has 1 saturated heterocycles. The van der Waals surface area contributed by atoms with Crippen molar-refractivity contribution in [3.05, 3.63) is 28.8 Å². The summed E-state index contributed by atoms with van der Waals surface area (Å²) in [6.45, 7) is 4.72. The number of anilines is 1. The van der Waals surface area contributed by atoms with Gasteiger partial charge in [0.15, 0.2) is 0 Å². The van der Waals surface area contributed by atoms with Crippen LogP contribution >= 0.6 is 23.4 Å². The van der Waals surface area contributed by atoms with Gasteiger partial charge in [-0.3, -0.25) is 0 Å². The summed E-state index contributed by atoms with van der Waals surface area (Å²) in [5.74, 6) is -0.285. The lowest BCUT2D eigenvalue weighted by atomic mass is 10.1. The average Bonchev–Trinajstić information content (AvgIpc) is 2.41. The molecular formula is C14H17ClN2O3S. The number of nitrogens with one attached hydrogen (secondary N) is 1. The largest absolute Gasteiger partial charge is 0.478 e. The SMILES string of the molecule is CC1SCCN(C(=O)Nc2cccc(Cl)c2C(=O)O)C1C. The molecule has 2 unspecified atom stereocenters. The Bertz CT molecular complexity index is 567. The molecule has 2 amide bonds. The van der Waals surface area contributed by atoms with Crippen molar-refractivity contribution in [2.45, 2.75) is 25.1 Å². The molecule has 7 heteroatoms. The second-order valence-electron chi connectivity index (χ2n) is 4.91. The number of hydrogen-bond donors (Lipinski definition) is 2. The molecule has 0 saturated carbocycles. The Labute approximate surface area is 132 Å². The van der Waals surface area contributed by atoms with E-state index >= 15 is 0 Å². The van der Waals surface area contributed by atoms with Gasteiger partial charge in [-0.25, -0.2) is 9.59 Å². The van der Waals surface area contributed by atoms with Crippen LogP contribution in [-0.2, 0) is 0 Å². The molecule has 0 radical (unpaired) electrons. The first-order valence-electron chi connectivity index (χ1n) is 6.63. The summed E-state index contributed by atoms with van der Waals surface area (Å²) in [6, 6.07) is 4.45. The van der Waals surface area contributed by atoms with Crippen LogP contribution in [0.25, 0.3) is 0 Å². The van der Waals surface area contributed by atoms with Gasteiger partial charge in [0.1, 0.15) is 5.56 Å². The van der Waals surface area contributed by atoms with Crippen molar-refractivity contribution in [3.63, 3.8) is 0 Å². The second kappa shape index (κ2) is 6.58. The van der Waals surface area contributed by atoms with E-state index in [0.717, 1.165) is 5.75 Å². The maximum Gasteiger partial charge on any atom is 0.339 e. The van der Waals surface area contributed by atoms with Crippen molar-refractivity contribution in [1.82, 2.24) is 4.90 Å². The number of halogens is 1. The minimum Gasteiger partial charge on any atom is -0.478 e. The van der Waals surface area contributed by atoms with Gasteiger partial charge in [-0.15, -0.1) is 0 Å². The second-order valence-corrected chi connectivity index (χ2v) is 6.80. The van der Waals surface area contributed by atoms with Crippen LogP contribution in [0.4, 0.5) is 10.5 Å². The number of carboxylic acids is 1. The molecule has 1 fully saturated rings. The number of thioether (sulfide) groups is 1. The molecule has 0 bridgehead atoms. The molecule has 1 aromatic rings. The Kier molecular flexibility index (Phi) is 5.00. The summed E-state index contributed by atoms with van der Waals surface area (Å²) in [7, 11) is 0. The summed E-state index contributed by atoms with van der Waals surface area (Å²) in [4.78, 5) is 25.4. The number of benzene rings is 1. The third kappa shape index (κ3) is 3.44. The van der Waals surface area contributed by atoms with Crippen molar-refractivity contribution < 1.29 is 14.7 Å². The van der Waals surface area contributed by atoms with E-state index in [4.69, 9.17) is 11.6 Å². The van der Waals surface area contributed by atoms with Crippen LogP contribution in [0.1, 0.15) is 24.2 Å². The van der Waals surface area contributed by atoms with Crippen molar-refractivity contribution >= 4 is 41.1 Å². The first-order valence-corrected chi connectivity index (χ1v) is 8.05. The van der Waals surface area contributed by atoms with E-state index in [1.807, 2.05) is 18.7 Å². The molecule has 0 spiro atoms. The van der Waals surface area contributed by atoms with Gasteiger partial charge in [0.25, 0.3) is 0 Å². The normalized spacial score (nSPS) is 22.0. The van der Waals surface area contributed by atoms with Gasteiger partial charge >= 0.3 is 12.0 Å². The first-order chi connectivity index (χ1) is 9.91. The van der Waals surface area contributed by atoms with Gasteiger partial charge in [0.2, 0.25) is 0 Å². The van der Waals surface area contributed by atoms with Crippen molar-refractivity contribution in [2.24, 2.45) is 0 Å². The fourth-order valence-corrected chi connectivity index (χ4v) is 3.61. The third-order valence-corrected chi connectivity index (χ3v) is 5.27. The van der Waals surface area contributed by atoms with Gasteiger partial charge in [0.05, 0.1) is 10.7 Å². The fourth-order valence-electron chi connectivity index (χ4n) is 2.25. The zero-order valence-electron chi connectivity index (χ0n) is 11.8. The first kappa shape index (κ1) is 16.0. The number of rotatable bonds is 2. The summed E-state index contributed by atoms with van der Waals surface area (Å²) in [5, 5.41) is 12.3. The van der Waals surface area contributed by atoms with E-state index in [2.05, 4.69) is 12.2 Å². The maximum absolute atomic E-state index is 12.4. The average molecular weight is 329 g/mol. The van der Waals surface area contributed by atoms with Crippen LogP contribution in [0.2, 0.25) is 5.02 Å². The zero-order chi connectivity index (χ0) is 15.6. The van der Waals surface area contributed by atoms with Crippen molar-refractivity contribution in [3.8, 4) is 0 Å². The predicted molar refractivity (Wildman–Crippen MR) is 85.5 cm³/mol. The van der Waals surface area contributed by atoms with Gasteiger partial charge in [-0.1, -0.05) is 24.6 Å². The molecule has 1 aliphatic heterocycles. The lowest BCUT2D eigenvalue weighted by Crippen LogP contribution is -2.49. The summed E-state index contributed by atoms with van der Waals surface area (Å²) in [5.41, 5.74) is 0.137. The highest BCUT2D eigenvalue weighted by Crippen LogP contribution is 2.27. The number of carbonyl (C=O) groups excluding carboxylic acids is 1. The van der Waals surface area contributed by atoms with E-state index in [1.165, 1.54) is 6.07 Å². The Morgan fingerprint density at radius 3 is 2.81 bits per heavy atom. The van der Waals surface area contributed by atoms with Gasteiger partial charge in [-0.05, 0) is 19.1 Å². The minimum atomic E-state index is -1.16. The van der Waals surface area contributed by atoms with Crippen LogP contribution in [-0.4, -0.2) is 45.6 Å². The summed E-state index contributed by atoms with van der Waals surface area (Å²) in [6.07, 6.45) is 0. The number of amides is 2. The molecule has 0 aliphatic carbocycles. The van der Waals surface area contributed by atoms with E-state index in [1.54, 1.807) is 17.0 Å². The summed E-state index contributed by atoms with van der Waals surface area (Å²) < 4.78 is 0. The molecule has 21 heavy (non-hydrogen) atoms. The highest BCUT2D eigenvalue weighted by atomic mass is 35.5. The van der Waals surface area contributed by atoms with E-state index in [0.29, 0.717) is 11.8 Å². The number of hydrogen-bond acceptors (Lipinski definition) is 3. The molecule has 2 N–H and O–H groups in total. The third-order valence-electron chi connectivity index (χ3n) is 3.61. The number of nitrogens with zero attached hydrogens (tertiary/aromatic N) is 1. The molecule has 1 heterocycles. The monoisotopic (exact) mass is 328 g/mol. The maximum atomic E-state index is 12.4. The quantitative estimate of drug-likeness (QED) is 0.873. The van der Waals surface area contributed by atoms with Crippen LogP contribution in [0.5, 0.6) is 0 Å². The highest BCUT2D eigenvalue weighted by molar-refractivity contribution is 8.00. The summed E-state index contributed by atoms with van der Waals surface area (Å²) >= 11 is 7.72. The van der Waals surface area contributed by atoms with Crippen molar-refractivity contribution in [1.29, 1.82) is 0 Å². The van der Waals surface area contributed by atoms with E-state index < -0.39 is 5.97 Å². The lowest BCUT2D eigenvalue weighted by molar-refractivity contribution is 0.0698. The lowest BCUT2D eigenvalue weighted by Gasteiger charge is -2.37. The van der Waals surface area contributed by atoms with Crippen molar-refractivity contribution in [2.75, 3.05) is 17.6 Å². The van der Waals surface area contributed by atoms with Crippen LogP contribution in [0.3, 0.4) is 0 Å². The van der Waals surface area contributed by atoms with Gasteiger partial charge < -0.3 is 15.3 Å². The van der Waals surface area contributed by atoms with E-state index in [9.17, 15) is 14.7 Å². The molecule has 2 atom stereocenters. The molecule has 114 valence electrons. The Balaban J connectivity index is 2.20. The van der Waals surface area contributed by atoms with Gasteiger partial charge in [0, 0.05) is 23.6 Å². The Hall–Kier alpha value is -1.40. The van der Waals surface area contributed by atoms with Crippen LogP contribution in [0, 0.1) is 0 Å². The number of carboxylic acid groups (broad SMARTS) is 1. The molecule has 5 nitrogen and oxygen atoms in total. The molecule has 1 aromatic carbocycles. The number of aromatic carboxylic acids is 1. The predicted octanol–water partition coefficient (Wildman–Crippen LogP) is 3.40. The van der Waals surface area contributed by atoms with Crippen LogP contribution < -0.4 is 5.32 Å². The Morgan fingerprint density at radius 2 is 2.14 bits per heavy atom. The highest BCUT2D eigenvalue weighted by Gasteiger charge is 2.29. The molecule has 0 aromatic heterocycles. The molecular weight excluding hydrogens is 312 g/mol. The minimum absolute atomic E-state index is 0.0837. The van der Waals surface area contributed by atoms with E-state index in [-0.39, 0.29) is 28.3 Å². The van der Waals surface area contributed by atoms with Crippen LogP contribution in [0.15, 0.2) is 18.2 Å². The zero-order valence-corrected chi connectivity index (χ0v) is 13.4. The Morgan fingerprint density at radius 1 is 1.43 bits per heavy atom. The smallest absolute Gasteiger partial charge is 0.339 e. The standard InChI is InChI=1S/C14H17ClN2O3S/c1-8-9(2)21-7-6-17(8)14(20)16-11-5-3-4-10(15)12(11)13(18)19/h3-5,8-9H,6-7H2,1-2H3,(H,16,20)(H,18,19). The molecule has 2 rings (SSSR count).